The summed E-state index contributed by atoms with van der Waals surface area (Å²) < 4.78 is 0. The van der Waals surface area contributed by atoms with Gasteiger partial charge >= 0.3 is 0 Å². The van der Waals surface area contributed by atoms with Crippen molar-refractivity contribution in [3.05, 3.63) is 11.6 Å². The molecule has 0 aromatic carbocycles. The molecule has 3 rings (SSSR count). The summed E-state index contributed by atoms with van der Waals surface area (Å²) in [5.41, 5.74) is -0.190. The lowest BCUT2D eigenvalue weighted by Gasteiger charge is -2.64. The molecule has 2 fully saturated rings. The smallest absolute Gasteiger partial charge is 0.0948 e. The summed E-state index contributed by atoms with van der Waals surface area (Å²) in [4.78, 5) is 0.158. The molecular formula is C20H32Br2O3. The van der Waals surface area contributed by atoms with Crippen molar-refractivity contribution in [2.75, 3.05) is 5.33 Å². The Labute approximate surface area is 168 Å². The van der Waals surface area contributed by atoms with Gasteiger partial charge in [0.05, 0.1) is 17.8 Å². The lowest BCUT2D eigenvalue weighted by molar-refractivity contribution is -0.172. The minimum atomic E-state index is -1.18. The summed E-state index contributed by atoms with van der Waals surface area (Å²) in [6.45, 7) is 8.50. The predicted molar refractivity (Wildman–Crippen MR) is 108 cm³/mol. The third-order valence-corrected chi connectivity index (χ3v) is 10.1. The second-order valence-corrected chi connectivity index (χ2v) is 11.1. The van der Waals surface area contributed by atoms with E-state index >= 15 is 0 Å². The first kappa shape index (κ1) is 20.3. The van der Waals surface area contributed by atoms with Crippen molar-refractivity contribution in [1.82, 2.24) is 0 Å². The van der Waals surface area contributed by atoms with Gasteiger partial charge in [-0.3, -0.25) is 0 Å². The molecule has 0 aromatic heterocycles. The number of rotatable bonds is 2. The van der Waals surface area contributed by atoms with Gasteiger partial charge in [0.15, 0.2) is 0 Å². The van der Waals surface area contributed by atoms with E-state index in [9.17, 15) is 15.3 Å². The van der Waals surface area contributed by atoms with E-state index in [1.54, 1.807) is 6.92 Å². The molecule has 8 atom stereocenters. The zero-order chi connectivity index (χ0) is 18.8. The van der Waals surface area contributed by atoms with Crippen LogP contribution < -0.4 is 0 Å². The maximum absolute atomic E-state index is 11.4. The van der Waals surface area contributed by atoms with Crippen LogP contribution in [0.3, 0.4) is 0 Å². The van der Waals surface area contributed by atoms with Crippen molar-refractivity contribution >= 4 is 31.9 Å². The molecule has 0 radical (unpaired) electrons. The van der Waals surface area contributed by atoms with E-state index in [-0.39, 0.29) is 21.6 Å². The fourth-order valence-electron chi connectivity index (χ4n) is 6.22. The van der Waals surface area contributed by atoms with Crippen molar-refractivity contribution in [2.24, 2.45) is 28.6 Å². The van der Waals surface area contributed by atoms with Crippen molar-refractivity contribution in [1.29, 1.82) is 0 Å². The van der Waals surface area contributed by atoms with Gasteiger partial charge in [-0.15, -0.1) is 0 Å². The van der Waals surface area contributed by atoms with Crippen LogP contribution in [0.25, 0.3) is 0 Å². The largest absolute Gasteiger partial charge is 0.390 e. The highest BCUT2D eigenvalue weighted by Crippen LogP contribution is 2.66. The number of aliphatic hydroxyl groups excluding tert-OH is 2. The highest BCUT2D eigenvalue weighted by atomic mass is 79.9. The Balaban J connectivity index is 2.19. The molecular weight excluding hydrogens is 448 g/mol. The maximum Gasteiger partial charge on any atom is 0.0948 e. The van der Waals surface area contributed by atoms with Crippen LogP contribution in [0.1, 0.15) is 53.4 Å². The molecule has 3 aliphatic rings. The van der Waals surface area contributed by atoms with Gasteiger partial charge in [-0.1, -0.05) is 64.3 Å². The van der Waals surface area contributed by atoms with E-state index < -0.39 is 17.8 Å². The first-order valence-corrected chi connectivity index (χ1v) is 11.5. The molecule has 0 heterocycles. The molecule has 0 saturated heterocycles. The second kappa shape index (κ2) is 6.58. The summed E-state index contributed by atoms with van der Waals surface area (Å²) in [5, 5.41) is 33.5. The minimum Gasteiger partial charge on any atom is -0.390 e. The van der Waals surface area contributed by atoms with Crippen molar-refractivity contribution in [2.45, 2.75) is 76.0 Å². The van der Waals surface area contributed by atoms with Crippen LogP contribution in [0.4, 0.5) is 0 Å². The van der Waals surface area contributed by atoms with Crippen molar-refractivity contribution < 1.29 is 15.3 Å². The van der Waals surface area contributed by atoms with E-state index in [0.717, 1.165) is 24.6 Å². The zero-order valence-electron chi connectivity index (χ0n) is 15.7. The summed E-state index contributed by atoms with van der Waals surface area (Å²) in [5.74, 6) is 0.671. The average Bonchev–Trinajstić information content (AvgIpc) is 2.52. The summed E-state index contributed by atoms with van der Waals surface area (Å²) in [6.07, 6.45) is 4.18. The Hall–Kier alpha value is 0.580. The molecule has 5 heteroatoms. The molecule has 3 aliphatic carbocycles. The van der Waals surface area contributed by atoms with Crippen LogP contribution in [-0.4, -0.2) is 43.3 Å². The topological polar surface area (TPSA) is 60.7 Å². The molecule has 0 bridgehead atoms. The quantitative estimate of drug-likeness (QED) is 0.414. The van der Waals surface area contributed by atoms with Gasteiger partial charge in [0.2, 0.25) is 0 Å². The summed E-state index contributed by atoms with van der Waals surface area (Å²) >= 11 is 7.62. The van der Waals surface area contributed by atoms with E-state index in [0.29, 0.717) is 18.3 Å². The highest BCUT2D eigenvalue weighted by Gasteiger charge is 2.65. The molecule has 3 nitrogen and oxygen atoms in total. The first-order valence-electron chi connectivity index (χ1n) is 9.51. The Morgan fingerprint density at radius 2 is 1.84 bits per heavy atom. The number of aliphatic hydroxyl groups is 3. The van der Waals surface area contributed by atoms with Crippen molar-refractivity contribution in [3.63, 3.8) is 0 Å². The Morgan fingerprint density at radius 3 is 2.40 bits per heavy atom. The third-order valence-electron chi connectivity index (χ3n) is 7.68. The van der Waals surface area contributed by atoms with Gasteiger partial charge < -0.3 is 15.3 Å². The molecule has 0 aliphatic heterocycles. The van der Waals surface area contributed by atoms with Crippen LogP contribution in [0.5, 0.6) is 0 Å². The SMILES string of the molecule is CC(C)C1C[C@H](O)C=C2[C@@H]3[C@](C)(O)[C@@H](O)C[C@H](Br)[C@@]3(C)CC[C@@]21CBr. The predicted octanol–water partition coefficient (Wildman–Crippen LogP) is 4.03. The molecule has 25 heavy (non-hydrogen) atoms. The van der Waals surface area contributed by atoms with Crippen LogP contribution >= 0.6 is 31.9 Å². The highest BCUT2D eigenvalue weighted by molar-refractivity contribution is 9.09. The number of alkyl halides is 2. The van der Waals surface area contributed by atoms with Gasteiger partial charge in [0, 0.05) is 21.5 Å². The number of hydrogen-bond acceptors (Lipinski definition) is 3. The fourth-order valence-corrected chi connectivity index (χ4v) is 8.08. The zero-order valence-corrected chi connectivity index (χ0v) is 18.8. The number of hydrogen-bond donors (Lipinski definition) is 3. The van der Waals surface area contributed by atoms with E-state index in [4.69, 9.17) is 0 Å². The Bertz CT molecular complexity index is 561. The molecule has 0 amide bonds. The Kier molecular flexibility index (Phi) is 5.35. The number of fused-ring (bicyclic) bond motifs is 3. The van der Waals surface area contributed by atoms with Gasteiger partial charge in [0.1, 0.15) is 0 Å². The summed E-state index contributed by atoms with van der Waals surface area (Å²) in [7, 11) is 0. The molecule has 144 valence electrons. The first-order chi connectivity index (χ1) is 11.5. The van der Waals surface area contributed by atoms with Crippen LogP contribution in [0.2, 0.25) is 0 Å². The van der Waals surface area contributed by atoms with Crippen molar-refractivity contribution in [3.8, 4) is 0 Å². The van der Waals surface area contributed by atoms with E-state index in [2.05, 4.69) is 52.6 Å². The normalized spacial score (nSPS) is 53.2. The molecule has 0 aromatic rings. The third kappa shape index (κ3) is 2.83. The Morgan fingerprint density at radius 1 is 1.20 bits per heavy atom. The van der Waals surface area contributed by atoms with Crippen LogP contribution in [-0.2, 0) is 0 Å². The van der Waals surface area contributed by atoms with Gasteiger partial charge in [-0.05, 0) is 49.9 Å². The van der Waals surface area contributed by atoms with E-state index in [1.807, 2.05) is 6.08 Å². The standard InChI is InChI=1S/C20H32Br2O3/c1-11(2)13-7-12(23)8-14-17-18(3,5-6-20(13,14)10-21)15(22)9-16(24)19(17,4)25/h8,11-13,15-17,23-25H,5-7,9-10H2,1-4H3/t12-,13?,15-,16-,17-,18+,19+,20-/m0/s1. The molecule has 1 unspecified atom stereocenters. The van der Waals surface area contributed by atoms with Gasteiger partial charge in [0.25, 0.3) is 0 Å². The molecule has 3 N–H and O–H groups in total. The lowest BCUT2D eigenvalue weighted by Crippen LogP contribution is -2.66. The molecule has 2 saturated carbocycles. The van der Waals surface area contributed by atoms with Gasteiger partial charge in [-0.25, -0.2) is 0 Å². The summed E-state index contributed by atoms with van der Waals surface area (Å²) in [6, 6.07) is 0. The van der Waals surface area contributed by atoms with Gasteiger partial charge in [-0.2, -0.15) is 0 Å². The van der Waals surface area contributed by atoms with E-state index in [1.165, 1.54) is 5.57 Å². The molecule has 0 spiro atoms. The maximum atomic E-state index is 11.4. The number of halogens is 2. The average molecular weight is 480 g/mol. The second-order valence-electron chi connectivity index (χ2n) is 9.45. The minimum absolute atomic E-state index is 0.0503. The van der Waals surface area contributed by atoms with Crippen LogP contribution in [0.15, 0.2) is 11.6 Å². The monoisotopic (exact) mass is 478 g/mol. The van der Waals surface area contributed by atoms with Crippen LogP contribution in [0, 0.1) is 28.6 Å². The fraction of sp³-hybridized carbons (Fsp3) is 0.900. The lowest BCUT2D eigenvalue weighted by atomic mass is 9.44.